The minimum atomic E-state index is 0.293. The number of hydrogen-bond donors (Lipinski definition) is 1. The molecule has 0 bridgehead atoms. The Kier molecular flexibility index (Phi) is 2.49. The van der Waals surface area contributed by atoms with Gasteiger partial charge in [0.2, 0.25) is 0 Å². The van der Waals surface area contributed by atoms with Gasteiger partial charge in [0.05, 0.1) is 0 Å². The lowest BCUT2D eigenvalue weighted by atomic mass is 9.81. The number of nitrogens with two attached hydrogens (primary N) is 1. The molecular weight excluding hydrogens is 218 g/mol. The van der Waals surface area contributed by atoms with Gasteiger partial charge in [0, 0.05) is 16.5 Å². The molecule has 16 heavy (non-hydrogen) atoms. The van der Waals surface area contributed by atoms with Crippen LogP contribution in [0.5, 0.6) is 0 Å². The lowest BCUT2D eigenvalue weighted by molar-refractivity contribution is 0.404. The van der Waals surface area contributed by atoms with Crippen molar-refractivity contribution in [3.63, 3.8) is 0 Å². The largest absolute Gasteiger partial charge is 0.327 e. The van der Waals surface area contributed by atoms with Crippen molar-refractivity contribution in [1.82, 2.24) is 0 Å². The van der Waals surface area contributed by atoms with E-state index in [0.29, 0.717) is 11.5 Å². The van der Waals surface area contributed by atoms with Gasteiger partial charge >= 0.3 is 0 Å². The highest BCUT2D eigenvalue weighted by atomic mass is 35.5. The van der Waals surface area contributed by atoms with Crippen LogP contribution in [0.25, 0.3) is 0 Å². The monoisotopic (exact) mass is 235 g/mol. The summed E-state index contributed by atoms with van der Waals surface area (Å²) in [5.41, 5.74) is 7.92. The highest BCUT2D eigenvalue weighted by Gasteiger charge is 2.58. The predicted octanol–water partition coefficient (Wildman–Crippen LogP) is 3.50. The molecule has 1 nitrogen and oxygen atoms in total. The number of rotatable bonds is 2. The van der Waals surface area contributed by atoms with Crippen LogP contribution in [0.1, 0.15) is 37.7 Å². The molecule has 0 aromatic heterocycles. The van der Waals surface area contributed by atoms with Gasteiger partial charge in [-0.1, -0.05) is 36.6 Å². The normalized spacial score (nSPS) is 34.2. The molecule has 2 atom stereocenters. The summed E-state index contributed by atoms with van der Waals surface area (Å²) in [5, 5.41) is 0.819. The average molecular weight is 236 g/mol. The first-order chi connectivity index (χ1) is 7.73. The van der Waals surface area contributed by atoms with Crippen molar-refractivity contribution < 1.29 is 0 Å². The number of hydrogen-bond acceptors (Lipinski definition) is 1. The van der Waals surface area contributed by atoms with Gasteiger partial charge in [0.15, 0.2) is 0 Å². The average Bonchev–Trinajstić information content (AvgIpc) is 2.77. The van der Waals surface area contributed by atoms with Gasteiger partial charge < -0.3 is 5.73 Å². The molecule has 1 aromatic carbocycles. The quantitative estimate of drug-likeness (QED) is 0.834. The van der Waals surface area contributed by atoms with Crippen LogP contribution < -0.4 is 5.73 Å². The van der Waals surface area contributed by atoms with Crippen molar-refractivity contribution in [2.24, 2.45) is 11.7 Å². The Hall–Kier alpha value is -0.530. The van der Waals surface area contributed by atoms with Gasteiger partial charge in [0.25, 0.3) is 0 Å². The summed E-state index contributed by atoms with van der Waals surface area (Å²) in [7, 11) is 0. The van der Waals surface area contributed by atoms with Crippen molar-refractivity contribution in [1.29, 1.82) is 0 Å². The maximum absolute atomic E-state index is 6.22. The molecule has 0 radical (unpaired) electrons. The first-order valence-corrected chi connectivity index (χ1v) is 6.63. The Balaban J connectivity index is 1.93. The zero-order valence-corrected chi connectivity index (χ0v) is 10.2. The van der Waals surface area contributed by atoms with Crippen LogP contribution in [-0.4, -0.2) is 6.04 Å². The Labute approximate surface area is 102 Å². The summed E-state index contributed by atoms with van der Waals surface area (Å²) in [6, 6.07) is 8.72. The van der Waals surface area contributed by atoms with E-state index in [4.69, 9.17) is 17.3 Å². The molecule has 2 fully saturated rings. The van der Waals surface area contributed by atoms with E-state index in [1.54, 1.807) is 0 Å². The molecule has 1 aromatic rings. The molecular formula is C14H18ClN. The van der Waals surface area contributed by atoms with Crippen molar-refractivity contribution >= 4 is 11.6 Å². The maximum Gasteiger partial charge on any atom is 0.0406 e. The van der Waals surface area contributed by atoms with E-state index in [2.05, 4.69) is 12.1 Å². The molecule has 2 aliphatic rings. The Morgan fingerprint density at radius 3 is 2.19 bits per heavy atom. The van der Waals surface area contributed by atoms with Gasteiger partial charge in [-0.2, -0.15) is 0 Å². The van der Waals surface area contributed by atoms with E-state index >= 15 is 0 Å². The first-order valence-electron chi connectivity index (χ1n) is 6.25. The van der Waals surface area contributed by atoms with Gasteiger partial charge in [-0.15, -0.1) is 0 Å². The maximum atomic E-state index is 6.22. The molecule has 2 N–H and O–H groups in total. The molecule has 1 unspecified atom stereocenters. The molecule has 3 rings (SSSR count). The SMILES string of the molecule is N[C@@H]1CC1(c1ccc(Cl)cc1)C1CCCC1. The molecule has 2 saturated carbocycles. The summed E-state index contributed by atoms with van der Waals surface area (Å²) >= 11 is 5.95. The zero-order chi connectivity index (χ0) is 11.2. The lowest BCUT2D eigenvalue weighted by Gasteiger charge is -2.24. The van der Waals surface area contributed by atoms with E-state index in [9.17, 15) is 0 Å². The third-order valence-electron chi connectivity index (χ3n) is 4.52. The van der Waals surface area contributed by atoms with Crippen LogP contribution in [0.3, 0.4) is 0 Å². The van der Waals surface area contributed by atoms with E-state index in [0.717, 1.165) is 10.9 Å². The van der Waals surface area contributed by atoms with Crippen molar-refractivity contribution in [3.8, 4) is 0 Å². The molecule has 0 saturated heterocycles. The second-order valence-electron chi connectivity index (χ2n) is 5.34. The van der Waals surface area contributed by atoms with Crippen LogP contribution >= 0.6 is 11.6 Å². The fourth-order valence-electron chi connectivity index (χ4n) is 3.54. The van der Waals surface area contributed by atoms with Crippen LogP contribution in [0.15, 0.2) is 24.3 Å². The van der Waals surface area contributed by atoms with Crippen molar-refractivity contribution in [3.05, 3.63) is 34.9 Å². The second-order valence-corrected chi connectivity index (χ2v) is 5.78. The second kappa shape index (κ2) is 3.75. The molecule has 0 aliphatic heterocycles. The lowest BCUT2D eigenvalue weighted by Crippen LogP contribution is -2.26. The summed E-state index contributed by atoms with van der Waals surface area (Å²) < 4.78 is 0. The van der Waals surface area contributed by atoms with Crippen LogP contribution in [0.4, 0.5) is 0 Å². The topological polar surface area (TPSA) is 26.0 Å². The van der Waals surface area contributed by atoms with Gasteiger partial charge in [0.1, 0.15) is 0 Å². The minimum Gasteiger partial charge on any atom is -0.327 e. The Morgan fingerprint density at radius 1 is 1.12 bits per heavy atom. The fourth-order valence-corrected chi connectivity index (χ4v) is 3.67. The minimum absolute atomic E-state index is 0.293. The number of benzene rings is 1. The van der Waals surface area contributed by atoms with Gasteiger partial charge in [-0.25, -0.2) is 0 Å². The van der Waals surface area contributed by atoms with E-state index in [-0.39, 0.29) is 0 Å². The molecule has 0 heterocycles. The Bertz CT molecular complexity index is 380. The highest BCUT2D eigenvalue weighted by molar-refractivity contribution is 6.30. The van der Waals surface area contributed by atoms with Crippen molar-refractivity contribution in [2.45, 2.75) is 43.6 Å². The summed E-state index contributed by atoms with van der Waals surface area (Å²) in [6.45, 7) is 0. The van der Waals surface area contributed by atoms with Crippen LogP contribution in [0, 0.1) is 5.92 Å². The molecule has 0 amide bonds. The van der Waals surface area contributed by atoms with Gasteiger partial charge in [-0.3, -0.25) is 0 Å². The van der Waals surface area contributed by atoms with E-state index in [1.165, 1.54) is 37.7 Å². The molecule has 2 heteroatoms. The zero-order valence-electron chi connectivity index (χ0n) is 9.45. The molecule has 0 spiro atoms. The molecule has 2 aliphatic carbocycles. The first kappa shape index (κ1) is 10.6. The summed E-state index contributed by atoms with van der Waals surface area (Å²) in [4.78, 5) is 0. The van der Waals surface area contributed by atoms with Crippen LogP contribution in [-0.2, 0) is 5.41 Å². The van der Waals surface area contributed by atoms with Crippen molar-refractivity contribution in [2.75, 3.05) is 0 Å². The molecule has 86 valence electrons. The number of halogens is 1. The standard InChI is InChI=1S/C14H18ClN/c15-12-7-5-11(6-8-12)14(9-13(14)16)10-3-1-2-4-10/h5-8,10,13H,1-4,9,16H2/t13-,14?/m1/s1. The third-order valence-corrected chi connectivity index (χ3v) is 4.78. The third kappa shape index (κ3) is 1.49. The summed E-state index contributed by atoms with van der Waals surface area (Å²) in [5.74, 6) is 0.809. The Morgan fingerprint density at radius 2 is 1.69 bits per heavy atom. The van der Waals surface area contributed by atoms with Crippen LogP contribution in [0.2, 0.25) is 5.02 Å². The van der Waals surface area contributed by atoms with E-state index < -0.39 is 0 Å². The predicted molar refractivity (Wildman–Crippen MR) is 67.7 cm³/mol. The highest BCUT2D eigenvalue weighted by Crippen LogP contribution is 2.57. The van der Waals surface area contributed by atoms with E-state index in [1.807, 2.05) is 12.1 Å². The summed E-state index contributed by atoms with van der Waals surface area (Å²) in [6.07, 6.45) is 6.64. The van der Waals surface area contributed by atoms with Gasteiger partial charge in [-0.05, 0) is 42.9 Å². The fraction of sp³-hybridized carbons (Fsp3) is 0.571. The smallest absolute Gasteiger partial charge is 0.0406 e.